The Bertz CT molecular complexity index is 3250. The van der Waals surface area contributed by atoms with Crippen LogP contribution in [-0.2, 0) is 0 Å². The van der Waals surface area contributed by atoms with E-state index in [1.165, 1.54) is 96.8 Å². The molecule has 10 aromatic rings. The van der Waals surface area contributed by atoms with Crippen molar-refractivity contribution >= 4 is 85.0 Å². The highest BCUT2D eigenvalue weighted by atomic mass is 28.3. The summed E-state index contributed by atoms with van der Waals surface area (Å²) in [6.45, 7) is 6.38. The minimum Gasteiger partial charge on any atom is -0.309 e. The molecule has 0 saturated carbocycles. The molecule has 0 amide bonds. The van der Waals surface area contributed by atoms with Gasteiger partial charge in [0.25, 0.3) is 0 Å². The van der Waals surface area contributed by atoms with Crippen LogP contribution >= 0.6 is 0 Å². The number of nitrogens with zero attached hydrogens (tertiary/aromatic N) is 1. The fourth-order valence-corrected chi connectivity index (χ4v) is 21.4. The van der Waals surface area contributed by atoms with Crippen molar-refractivity contribution in [3.05, 3.63) is 231 Å². The second-order valence-corrected chi connectivity index (χ2v) is 24.0. The summed E-state index contributed by atoms with van der Waals surface area (Å²) in [5.41, 5.74) is 11.3. The smallest absolute Gasteiger partial charge is 0.180 e. The summed E-state index contributed by atoms with van der Waals surface area (Å²) in [5, 5.41) is 14.0. The largest absolute Gasteiger partial charge is 0.309 e. The number of rotatable bonds is 6. The number of fused-ring (bicyclic) bond motifs is 9. The van der Waals surface area contributed by atoms with Gasteiger partial charge in [-0.15, -0.1) is 0 Å². The van der Waals surface area contributed by atoms with Crippen molar-refractivity contribution in [3.8, 4) is 27.9 Å². The predicted octanol–water partition coefficient (Wildman–Crippen LogP) is 8.53. The van der Waals surface area contributed by atoms with Gasteiger partial charge in [0.05, 0.1) is 11.0 Å². The van der Waals surface area contributed by atoms with Crippen LogP contribution in [0.25, 0.3) is 55.3 Å². The Balaban J connectivity index is 1.20. The predicted molar refractivity (Wildman–Crippen MR) is 261 cm³/mol. The first kappa shape index (κ1) is 34.9. The molecule has 0 atom stereocenters. The third-order valence-corrected chi connectivity index (χ3v) is 23.3. The average Bonchev–Trinajstić information content (AvgIpc) is 3.92. The molecule has 1 aromatic heterocycles. The van der Waals surface area contributed by atoms with E-state index in [1.807, 2.05) is 0 Å². The highest BCUT2D eigenvalue weighted by molar-refractivity contribution is 7.23. The van der Waals surface area contributed by atoms with Crippen LogP contribution in [0.5, 0.6) is 0 Å². The molecule has 9 aromatic carbocycles. The highest BCUT2D eigenvalue weighted by Crippen LogP contribution is 2.35. The van der Waals surface area contributed by atoms with E-state index < -0.39 is 16.1 Å². The van der Waals surface area contributed by atoms with Gasteiger partial charge >= 0.3 is 0 Å². The van der Waals surface area contributed by atoms with Crippen molar-refractivity contribution in [1.29, 1.82) is 0 Å². The number of para-hydroxylation sites is 1. The van der Waals surface area contributed by atoms with Crippen LogP contribution in [0.4, 0.5) is 0 Å². The Labute approximate surface area is 353 Å². The van der Waals surface area contributed by atoms with Gasteiger partial charge in [-0.1, -0.05) is 206 Å². The lowest BCUT2D eigenvalue weighted by Gasteiger charge is -2.32. The normalized spacial score (nSPS) is 14.1. The maximum absolute atomic E-state index is 4.29. The maximum atomic E-state index is 4.29. The van der Waals surface area contributed by atoms with Gasteiger partial charge in [-0.3, -0.25) is 0 Å². The molecular weight excluding hydrogens is 755 g/mol. The summed E-state index contributed by atoms with van der Waals surface area (Å²) in [7, 11) is -5.51. The fourth-order valence-electron chi connectivity index (χ4n) is 11.1. The lowest BCUT2D eigenvalue weighted by atomic mass is 10.1. The van der Waals surface area contributed by atoms with Crippen molar-refractivity contribution in [2.45, 2.75) is 6.92 Å². The minimum absolute atomic E-state index is 1.08. The van der Waals surface area contributed by atoms with Gasteiger partial charge in [-0.25, -0.2) is 0 Å². The molecule has 0 radical (unpaired) electrons. The van der Waals surface area contributed by atoms with Gasteiger partial charge in [-0.05, 0) is 101 Å². The third-order valence-electron chi connectivity index (χ3n) is 13.6. The Hall–Kier alpha value is -7.05. The Morgan fingerprint density at radius 2 is 0.717 bits per heavy atom. The van der Waals surface area contributed by atoms with Crippen LogP contribution in [0.2, 0.25) is 0 Å². The van der Waals surface area contributed by atoms with Gasteiger partial charge in [0.2, 0.25) is 0 Å². The topological polar surface area (TPSA) is 4.93 Å². The molecule has 282 valence electrons. The van der Waals surface area contributed by atoms with Crippen molar-refractivity contribution in [2.75, 3.05) is 0 Å². The van der Waals surface area contributed by atoms with Gasteiger partial charge in [0.1, 0.15) is 0 Å². The van der Waals surface area contributed by atoms with E-state index in [0.717, 1.165) is 5.57 Å². The summed E-state index contributed by atoms with van der Waals surface area (Å²) < 4.78 is 2.48. The second-order valence-electron chi connectivity index (χ2n) is 16.5. The zero-order chi connectivity index (χ0) is 40.0. The summed E-state index contributed by atoms with van der Waals surface area (Å²) in [6.07, 6.45) is 0. The summed E-state index contributed by atoms with van der Waals surface area (Å²) >= 11 is 0. The molecule has 3 heterocycles. The zero-order valence-corrected chi connectivity index (χ0v) is 35.4. The monoisotopic (exact) mass is 795 g/mol. The quantitative estimate of drug-likeness (QED) is 0.149. The van der Waals surface area contributed by atoms with Gasteiger partial charge in [-0.2, -0.15) is 0 Å². The number of hydrogen-bond donors (Lipinski definition) is 0. The molecule has 0 bridgehead atoms. The Morgan fingerprint density at radius 3 is 1.13 bits per heavy atom. The molecule has 0 aliphatic carbocycles. The Kier molecular flexibility index (Phi) is 7.71. The van der Waals surface area contributed by atoms with Gasteiger partial charge in [0, 0.05) is 16.5 Å². The first-order valence-electron chi connectivity index (χ1n) is 21.0. The zero-order valence-electron chi connectivity index (χ0n) is 33.4. The molecule has 3 heteroatoms. The molecular formula is C57H41NSi2. The second kappa shape index (κ2) is 13.2. The summed E-state index contributed by atoms with van der Waals surface area (Å²) in [4.78, 5) is 0. The first-order valence-corrected chi connectivity index (χ1v) is 25.0. The molecule has 12 rings (SSSR count). The van der Waals surface area contributed by atoms with Crippen molar-refractivity contribution in [3.63, 3.8) is 0 Å². The van der Waals surface area contributed by atoms with Crippen LogP contribution < -0.4 is 41.5 Å². The number of hydrogen-bond acceptors (Lipinski definition) is 0. The lowest BCUT2D eigenvalue weighted by molar-refractivity contribution is 1.18. The van der Waals surface area contributed by atoms with E-state index in [0.29, 0.717) is 0 Å². The van der Waals surface area contributed by atoms with Crippen molar-refractivity contribution in [2.24, 2.45) is 0 Å². The van der Waals surface area contributed by atoms with E-state index in [4.69, 9.17) is 0 Å². The van der Waals surface area contributed by atoms with Gasteiger partial charge in [0.15, 0.2) is 16.1 Å². The standard InChI is InChI=1S/C57H41NSi2/c1-39(2)40-29-31-43(32-30-40)60(56-27-15-11-23-48(56)49-24-12-16-28-57(49)60)45-34-36-53-51(38-45)50-37-44(33-35-52(50)58(53)41-17-5-3-6-18-41)59(42-19-7-4-8-20-42)54-25-13-9-21-46(54)47-22-10-14-26-55(47)59/h3-38H,1H2,2H3. The third kappa shape index (κ3) is 4.67. The number of aromatic nitrogens is 1. The molecule has 60 heavy (non-hydrogen) atoms. The van der Waals surface area contributed by atoms with Crippen LogP contribution in [0.3, 0.4) is 0 Å². The number of allylic oxidation sites excluding steroid dienone is 1. The van der Waals surface area contributed by atoms with Crippen LogP contribution in [0, 0.1) is 0 Å². The SMILES string of the molecule is C=C(C)c1ccc([Si]2(c3ccc4c(c3)c3cc([Si]5(c6ccccc6)c6ccccc6-c6ccccc65)ccc3n4-c3ccccc3)c3ccccc3-c3ccccc32)cc1. The van der Waals surface area contributed by atoms with Crippen LogP contribution in [0.15, 0.2) is 225 Å². The fraction of sp³-hybridized carbons (Fsp3) is 0.0175. The van der Waals surface area contributed by atoms with E-state index in [1.54, 1.807) is 0 Å². The molecule has 2 aliphatic rings. The summed E-state index contributed by atoms with van der Waals surface area (Å²) in [6, 6.07) is 83.3. The summed E-state index contributed by atoms with van der Waals surface area (Å²) in [5.74, 6) is 0. The van der Waals surface area contributed by atoms with Crippen molar-refractivity contribution < 1.29 is 0 Å². The van der Waals surface area contributed by atoms with E-state index in [2.05, 4.69) is 236 Å². The van der Waals surface area contributed by atoms with Gasteiger partial charge < -0.3 is 4.57 Å². The molecule has 1 nitrogen and oxygen atoms in total. The molecule has 2 aliphatic heterocycles. The highest BCUT2D eigenvalue weighted by Gasteiger charge is 2.50. The average molecular weight is 796 g/mol. The molecule has 0 N–H and O–H groups in total. The first-order chi connectivity index (χ1) is 29.6. The minimum atomic E-state index is -2.79. The maximum Gasteiger partial charge on any atom is 0.180 e. The number of benzene rings is 9. The van der Waals surface area contributed by atoms with E-state index in [-0.39, 0.29) is 0 Å². The molecule has 0 fully saturated rings. The van der Waals surface area contributed by atoms with E-state index in [9.17, 15) is 0 Å². The van der Waals surface area contributed by atoms with Crippen molar-refractivity contribution in [1.82, 2.24) is 4.57 Å². The molecule has 0 unspecified atom stereocenters. The van der Waals surface area contributed by atoms with E-state index >= 15 is 0 Å². The van der Waals surface area contributed by atoms with Crippen LogP contribution in [-0.4, -0.2) is 20.7 Å². The molecule has 0 saturated heterocycles. The lowest BCUT2D eigenvalue weighted by Crippen LogP contribution is -2.72. The van der Waals surface area contributed by atoms with Crippen LogP contribution in [0.1, 0.15) is 12.5 Å². The Morgan fingerprint density at radius 1 is 0.367 bits per heavy atom. The molecule has 0 spiro atoms.